The third kappa shape index (κ3) is 6.93. The normalized spacial score (nSPS) is 18.2. The van der Waals surface area contributed by atoms with Crippen molar-refractivity contribution >= 4 is 5.91 Å². The van der Waals surface area contributed by atoms with Crippen molar-refractivity contribution in [1.29, 1.82) is 0 Å². The molecule has 1 fully saturated rings. The molecular weight excluding hydrogens is 228 g/mol. The lowest BCUT2D eigenvalue weighted by atomic mass is 10.1. The second-order valence-corrected chi connectivity index (χ2v) is 5.47. The molecule has 0 bridgehead atoms. The summed E-state index contributed by atoms with van der Waals surface area (Å²) in [6, 6.07) is 0.329. The maximum atomic E-state index is 11.7. The molecule has 0 aromatic carbocycles. The molecule has 0 saturated carbocycles. The minimum absolute atomic E-state index is 0.148. The Labute approximate surface area is 111 Å². The Morgan fingerprint density at radius 3 is 2.61 bits per heavy atom. The average Bonchev–Trinajstić information content (AvgIpc) is 2.31. The van der Waals surface area contributed by atoms with Crippen molar-refractivity contribution < 1.29 is 4.79 Å². The number of hydrogen-bond donors (Lipinski definition) is 2. The molecule has 0 unspecified atom stereocenters. The number of carbonyl (C=O) groups excluding carboxylic acids is 1. The largest absolute Gasteiger partial charge is 0.355 e. The lowest BCUT2D eigenvalue weighted by molar-refractivity contribution is -0.122. The molecule has 5 heteroatoms. The van der Waals surface area contributed by atoms with Crippen LogP contribution in [0.1, 0.15) is 25.7 Å². The predicted molar refractivity (Wildman–Crippen MR) is 74.4 cm³/mol. The third-order valence-electron chi connectivity index (χ3n) is 3.35. The van der Waals surface area contributed by atoms with Gasteiger partial charge in [0.15, 0.2) is 0 Å². The zero-order valence-electron chi connectivity index (χ0n) is 11.8. The van der Waals surface area contributed by atoms with Gasteiger partial charge in [0.25, 0.3) is 0 Å². The zero-order chi connectivity index (χ0) is 13.4. The van der Waals surface area contributed by atoms with E-state index in [4.69, 9.17) is 5.73 Å². The molecule has 0 spiro atoms. The van der Waals surface area contributed by atoms with E-state index in [2.05, 4.69) is 29.2 Å². The number of nitrogens with two attached hydrogens (primary N) is 1. The van der Waals surface area contributed by atoms with Crippen LogP contribution in [-0.2, 0) is 4.79 Å². The number of unbranched alkanes of at least 4 members (excludes halogenated alkanes) is 1. The molecule has 0 radical (unpaired) electrons. The lowest BCUT2D eigenvalue weighted by Gasteiger charge is -2.29. The molecule has 5 nitrogen and oxygen atoms in total. The van der Waals surface area contributed by atoms with Gasteiger partial charge in [0.1, 0.15) is 0 Å². The lowest BCUT2D eigenvalue weighted by Crippen LogP contribution is -2.44. The standard InChI is InChI=1S/C13H28N4O/c1-16(2)8-4-3-7-15-13(18)11-17-9-5-12(14)6-10-17/h12H,3-11,14H2,1-2H3,(H,15,18). The number of carbonyl (C=O) groups is 1. The van der Waals surface area contributed by atoms with Crippen molar-refractivity contribution in [3.05, 3.63) is 0 Å². The third-order valence-corrected chi connectivity index (χ3v) is 3.35. The Hall–Kier alpha value is -0.650. The summed E-state index contributed by atoms with van der Waals surface area (Å²) in [4.78, 5) is 16.1. The van der Waals surface area contributed by atoms with Crippen LogP contribution in [0.2, 0.25) is 0 Å². The Balaban J connectivity index is 2.00. The van der Waals surface area contributed by atoms with Crippen LogP contribution in [0.15, 0.2) is 0 Å². The van der Waals surface area contributed by atoms with E-state index in [1.54, 1.807) is 0 Å². The molecule has 1 amide bonds. The van der Waals surface area contributed by atoms with Crippen molar-refractivity contribution in [2.45, 2.75) is 31.7 Å². The number of hydrogen-bond acceptors (Lipinski definition) is 4. The van der Waals surface area contributed by atoms with Crippen LogP contribution in [0, 0.1) is 0 Å². The average molecular weight is 256 g/mol. The first-order valence-electron chi connectivity index (χ1n) is 6.97. The fourth-order valence-electron chi connectivity index (χ4n) is 2.15. The summed E-state index contributed by atoms with van der Waals surface area (Å²) < 4.78 is 0. The molecule has 0 aliphatic carbocycles. The van der Waals surface area contributed by atoms with Gasteiger partial charge < -0.3 is 16.0 Å². The second-order valence-electron chi connectivity index (χ2n) is 5.47. The second kappa shape index (κ2) is 8.45. The van der Waals surface area contributed by atoms with Crippen LogP contribution >= 0.6 is 0 Å². The van der Waals surface area contributed by atoms with Gasteiger partial charge in [0, 0.05) is 25.7 Å². The molecule has 1 rings (SSSR count). The number of likely N-dealkylation sites (tertiary alicyclic amines) is 1. The Morgan fingerprint density at radius 2 is 2.00 bits per heavy atom. The van der Waals surface area contributed by atoms with Gasteiger partial charge in [-0.15, -0.1) is 0 Å². The smallest absolute Gasteiger partial charge is 0.234 e. The number of amides is 1. The van der Waals surface area contributed by atoms with Crippen LogP contribution in [0.25, 0.3) is 0 Å². The van der Waals surface area contributed by atoms with Crippen molar-refractivity contribution in [3.63, 3.8) is 0 Å². The molecule has 0 aromatic rings. The molecule has 3 N–H and O–H groups in total. The van der Waals surface area contributed by atoms with Crippen molar-refractivity contribution in [2.75, 3.05) is 46.8 Å². The maximum Gasteiger partial charge on any atom is 0.234 e. The van der Waals surface area contributed by atoms with Gasteiger partial charge in [-0.2, -0.15) is 0 Å². The van der Waals surface area contributed by atoms with E-state index < -0.39 is 0 Å². The first-order valence-corrected chi connectivity index (χ1v) is 6.97. The molecule has 1 aliphatic heterocycles. The van der Waals surface area contributed by atoms with E-state index in [0.717, 1.165) is 51.9 Å². The van der Waals surface area contributed by atoms with Crippen LogP contribution in [-0.4, -0.2) is 68.6 Å². The van der Waals surface area contributed by atoms with E-state index in [1.807, 2.05) is 0 Å². The van der Waals surface area contributed by atoms with E-state index in [0.29, 0.717) is 12.6 Å². The van der Waals surface area contributed by atoms with Gasteiger partial charge in [-0.1, -0.05) is 0 Å². The molecule has 0 aromatic heterocycles. The van der Waals surface area contributed by atoms with Gasteiger partial charge >= 0.3 is 0 Å². The van der Waals surface area contributed by atoms with E-state index in [1.165, 1.54) is 0 Å². The summed E-state index contributed by atoms with van der Waals surface area (Å²) >= 11 is 0. The highest BCUT2D eigenvalue weighted by atomic mass is 16.2. The molecule has 106 valence electrons. The minimum atomic E-state index is 0.148. The van der Waals surface area contributed by atoms with Crippen LogP contribution in [0.5, 0.6) is 0 Å². The van der Waals surface area contributed by atoms with E-state index >= 15 is 0 Å². The van der Waals surface area contributed by atoms with E-state index in [-0.39, 0.29) is 5.91 Å². The molecular formula is C13H28N4O. The fourth-order valence-corrected chi connectivity index (χ4v) is 2.15. The molecule has 0 atom stereocenters. The number of piperidine rings is 1. The monoisotopic (exact) mass is 256 g/mol. The summed E-state index contributed by atoms with van der Waals surface area (Å²) in [7, 11) is 4.14. The predicted octanol–water partition coefficient (Wildman–Crippen LogP) is -0.132. The fraction of sp³-hybridized carbons (Fsp3) is 0.923. The van der Waals surface area contributed by atoms with Gasteiger partial charge in [0.2, 0.25) is 5.91 Å². The summed E-state index contributed by atoms with van der Waals surface area (Å²) in [5, 5.41) is 2.98. The maximum absolute atomic E-state index is 11.7. The summed E-state index contributed by atoms with van der Waals surface area (Å²) in [6.07, 6.45) is 4.20. The topological polar surface area (TPSA) is 61.6 Å². The van der Waals surface area contributed by atoms with E-state index in [9.17, 15) is 4.79 Å². The van der Waals surface area contributed by atoms with Crippen LogP contribution < -0.4 is 11.1 Å². The number of rotatable bonds is 7. The van der Waals surface area contributed by atoms with Gasteiger partial charge in [-0.25, -0.2) is 0 Å². The summed E-state index contributed by atoms with van der Waals surface area (Å²) in [6.45, 7) is 4.31. The highest BCUT2D eigenvalue weighted by Crippen LogP contribution is 2.07. The quantitative estimate of drug-likeness (QED) is 0.623. The van der Waals surface area contributed by atoms with Crippen molar-refractivity contribution in [3.8, 4) is 0 Å². The van der Waals surface area contributed by atoms with Gasteiger partial charge in [-0.05, 0) is 46.3 Å². The summed E-state index contributed by atoms with van der Waals surface area (Å²) in [5.74, 6) is 0.148. The first-order chi connectivity index (χ1) is 8.58. The van der Waals surface area contributed by atoms with Gasteiger partial charge in [0.05, 0.1) is 6.54 Å². The summed E-state index contributed by atoms with van der Waals surface area (Å²) in [5.41, 5.74) is 5.83. The molecule has 18 heavy (non-hydrogen) atoms. The number of nitrogens with one attached hydrogen (secondary N) is 1. The Kier molecular flexibility index (Phi) is 7.23. The zero-order valence-corrected chi connectivity index (χ0v) is 11.8. The molecule has 1 saturated heterocycles. The van der Waals surface area contributed by atoms with Crippen LogP contribution in [0.3, 0.4) is 0 Å². The highest BCUT2D eigenvalue weighted by Gasteiger charge is 2.17. The SMILES string of the molecule is CN(C)CCCCNC(=O)CN1CCC(N)CC1. The first kappa shape index (κ1) is 15.4. The minimum Gasteiger partial charge on any atom is -0.355 e. The number of nitrogens with zero attached hydrogens (tertiary/aromatic N) is 2. The van der Waals surface area contributed by atoms with Gasteiger partial charge in [-0.3, -0.25) is 9.69 Å². The molecule has 1 heterocycles. The molecule has 1 aliphatic rings. The van der Waals surface area contributed by atoms with Crippen molar-refractivity contribution in [1.82, 2.24) is 15.1 Å². The Bertz CT molecular complexity index is 237. The Morgan fingerprint density at radius 1 is 1.33 bits per heavy atom. The van der Waals surface area contributed by atoms with Crippen LogP contribution in [0.4, 0.5) is 0 Å². The highest BCUT2D eigenvalue weighted by molar-refractivity contribution is 5.77. The van der Waals surface area contributed by atoms with Crippen molar-refractivity contribution in [2.24, 2.45) is 5.73 Å².